The predicted octanol–water partition coefficient (Wildman–Crippen LogP) is 17.2. The molecule has 0 aliphatic rings. The van der Waals surface area contributed by atoms with Gasteiger partial charge in [0.25, 0.3) is 0 Å². The van der Waals surface area contributed by atoms with Crippen LogP contribution in [-0.4, -0.2) is 9.97 Å². The third-order valence-corrected chi connectivity index (χ3v) is 12.3. The summed E-state index contributed by atoms with van der Waals surface area (Å²) >= 11 is 0. The summed E-state index contributed by atoms with van der Waals surface area (Å²) in [5.41, 5.74) is 18.1. The number of anilines is 6. The van der Waals surface area contributed by atoms with Crippen molar-refractivity contribution in [2.45, 2.75) is 0 Å². The molecule has 0 atom stereocenters. The van der Waals surface area contributed by atoms with Crippen molar-refractivity contribution >= 4 is 56.3 Å². The second-order valence-electron chi connectivity index (χ2n) is 16.7. The lowest BCUT2D eigenvalue weighted by Crippen LogP contribution is -2.10. The Hall–Kier alpha value is -9.26. The molecule has 68 heavy (non-hydrogen) atoms. The van der Waals surface area contributed by atoms with E-state index in [1.807, 2.05) is 60.7 Å². The molecule has 0 N–H and O–H groups in total. The van der Waals surface area contributed by atoms with Crippen LogP contribution in [0.4, 0.5) is 34.1 Å². The van der Waals surface area contributed by atoms with E-state index < -0.39 is 0 Å². The highest BCUT2D eigenvalue weighted by Crippen LogP contribution is 2.40. The normalized spacial score (nSPS) is 11.2. The van der Waals surface area contributed by atoms with Gasteiger partial charge in [-0.25, -0.2) is 9.97 Å². The van der Waals surface area contributed by atoms with E-state index >= 15 is 0 Å². The number of oxazole rings is 2. The molecule has 6 nitrogen and oxygen atoms in total. The van der Waals surface area contributed by atoms with Crippen molar-refractivity contribution in [3.05, 3.63) is 255 Å². The fraction of sp³-hybridized carbons (Fsp3) is 0. The fourth-order valence-corrected chi connectivity index (χ4v) is 8.88. The average molecular weight is 875 g/mol. The fourth-order valence-electron chi connectivity index (χ4n) is 8.88. The van der Waals surface area contributed by atoms with Gasteiger partial charge in [-0.15, -0.1) is 0 Å². The van der Waals surface area contributed by atoms with E-state index in [-0.39, 0.29) is 0 Å². The van der Waals surface area contributed by atoms with Crippen LogP contribution in [0, 0.1) is 0 Å². The Kier molecular flexibility index (Phi) is 10.4. The summed E-state index contributed by atoms with van der Waals surface area (Å²) in [5.74, 6) is 1.19. The molecule has 6 heteroatoms. The number of para-hydroxylation sites is 2. The highest BCUT2D eigenvalue weighted by atomic mass is 16.4. The van der Waals surface area contributed by atoms with Crippen LogP contribution in [0.2, 0.25) is 0 Å². The number of fused-ring (bicyclic) bond motifs is 2. The summed E-state index contributed by atoms with van der Waals surface area (Å²) in [5, 5.41) is 0. The summed E-state index contributed by atoms with van der Waals surface area (Å²) < 4.78 is 12.5. The van der Waals surface area contributed by atoms with Crippen LogP contribution in [0.5, 0.6) is 0 Å². The number of aromatic nitrogens is 2. The van der Waals surface area contributed by atoms with Gasteiger partial charge in [-0.3, -0.25) is 0 Å². The third-order valence-electron chi connectivity index (χ3n) is 12.3. The van der Waals surface area contributed by atoms with Gasteiger partial charge in [-0.05, 0) is 155 Å². The summed E-state index contributed by atoms with van der Waals surface area (Å²) in [6.07, 6.45) is 0. The number of hydrogen-bond donors (Lipinski definition) is 0. The van der Waals surface area contributed by atoms with E-state index in [1.165, 1.54) is 0 Å². The van der Waals surface area contributed by atoms with Gasteiger partial charge in [0.1, 0.15) is 11.0 Å². The smallest absolute Gasteiger partial charge is 0.227 e. The van der Waals surface area contributed by atoms with Gasteiger partial charge in [0, 0.05) is 45.3 Å². The Balaban J connectivity index is 0.794. The van der Waals surface area contributed by atoms with Crippen LogP contribution >= 0.6 is 0 Å². The molecule has 0 bridgehead atoms. The molecule has 0 saturated carbocycles. The Bertz CT molecular complexity index is 3380. The molecule has 10 aromatic carbocycles. The third kappa shape index (κ3) is 7.97. The van der Waals surface area contributed by atoms with E-state index in [0.29, 0.717) is 11.8 Å². The van der Waals surface area contributed by atoms with Gasteiger partial charge in [0.2, 0.25) is 11.8 Å². The van der Waals surface area contributed by atoms with Gasteiger partial charge in [0.05, 0.1) is 0 Å². The van der Waals surface area contributed by atoms with E-state index in [2.05, 4.69) is 204 Å². The van der Waals surface area contributed by atoms with Crippen LogP contribution in [0.3, 0.4) is 0 Å². The number of rotatable bonds is 11. The van der Waals surface area contributed by atoms with Crippen molar-refractivity contribution in [3.63, 3.8) is 0 Å². The molecular weight excluding hydrogens is 833 g/mol. The Morgan fingerprint density at radius 1 is 0.235 bits per heavy atom. The van der Waals surface area contributed by atoms with E-state index in [9.17, 15) is 0 Å². The first kappa shape index (κ1) is 40.3. The topological polar surface area (TPSA) is 58.5 Å². The molecule has 0 aliphatic carbocycles. The zero-order valence-corrected chi connectivity index (χ0v) is 36.9. The molecule has 12 aromatic rings. The lowest BCUT2D eigenvalue weighted by molar-refractivity contribution is 0.619. The van der Waals surface area contributed by atoms with Crippen LogP contribution in [0.15, 0.2) is 264 Å². The van der Waals surface area contributed by atoms with Crippen molar-refractivity contribution in [2.75, 3.05) is 9.80 Å². The monoisotopic (exact) mass is 874 g/mol. The number of hydrogen-bond acceptors (Lipinski definition) is 6. The van der Waals surface area contributed by atoms with Gasteiger partial charge in [0.15, 0.2) is 11.2 Å². The highest BCUT2D eigenvalue weighted by Gasteiger charge is 2.18. The van der Waals surface area contributed by atoms with Gasteiger partial charge < -0.3 is 18.6 Å². The quantitative estimate of drug-likeness (QED) is 0.129. The molecule has 2 heterocycles. The largest absolute Gasteiger partial charge is 0.436 e. The van der Waals surface area contributed by atoms with Crippen molar-refractivity contribution in [2.24, 2.45) is 0 Å². The second-order valence-corrected chi connectivity index (χ2v) is 16.7. The van der Waals surface area contributed by atoms with E-state index in [0.717, 1.165) is 101 Å². The zero-order valence-electron chi connectivity index (χ0n) is 36.9. The van der Waals surface area contributed by atoms with E-state index in [1.54, 1.807) is 0 Å². The molecule has 322 valence electrons. The lowest BCUT2D eigenvalue weighted by atomic mass is 10.0. The first-order valence-corrected chi connectivity index (χ1v) is 22.7. The minimum Gasteiger partial charge on any atom is -0.436 e. The first-order chi connectivity index (χ1) is 33.7. The van der Waals surface area contributed by atoms with Crippen LogP contribution in [0.25, 0.3) is 78.5 Å². The predicted molar refractivity (Wildman–Crippen MR) is 278 cm³/mol. The Morgan fingerprint density at radius 2 is 0.500 bits per heavy atom. The molecule has 0 unspecified atom stereocenters. The van der Waals surface area contributed by atoms with Crippen molar-refractivity contribution in [3.8, 4) is 56.3 Å². The molecule has 12 rings (SSSR count). The molecule has 0 saturated heterocycles. The molecular formula is C62H42N4O2. The molecule has 0 radical (unpaired) electrons. The van der Waals surface area contributed by atoms with Crippen LogP contribution < -0.4 is 9.80 Å². The van der Waals surface area contributed by atoms with Crippen molar-refractivity contribution < 1.29 is 8.83 Å². The average Bonchev–Trinajstić information content (AvgIpc) is 4.05. The summed E-state index contributed by atoms with van der Waals surface area (Å²) in [6, 6.07) is 88.3. The number of nitrogens with zero attached hydrogens (tertiary/aromatic N) is 4. The number of benzene rings is 10. The van der Waals surface area contributed by atoms with Crippen molar-refractivity contribution in [1.82, 2.24) is 9.97 Å². The highest BCUT2D eigenvalue weighted by molar-refractivity contribution is 5.86. The minimum atomic E-state index is 0.595. The zero-order chi connectivity index (χ0) is 45.2. The maximum Gasteiger partial charge on any atom is 0.227 e. The summed E-state index contributed by atoms with van der Waals surface area (Å²) in [7, 11) is 0. The standard InChI is InChI=1S/C62H42N4O2/c1-5-13-43(14-6-1)49-29-39-59-57(41-49)63-61(67-59)47-25-35-55(36-26-47)65(51-17-9-3-10-18-51)53-31-21-45(22-32-53)46-23-33-54(34-24-46)66(52-19-11-4-12-20-52)56-37-27-48(28-38-56)62-64-58-42-50(30-40-60(58)68-62)44-15-7-2-8-16-44/h1-42H. The van der Waals surface area contributed by atoms with Crippen LogP contribution in [-0.2, 0) is 0 Å². The van der Waals surface area contributed by atoms with Crippen molar-refractivity contribution in [1.29, 1.82) is 0 Å². The second kappa shape index (κ2) is 17.6. The first-order valence-electron chi connectivity index (χ1n) is 22.7. The maximum absolute atomic E-state index is 6.24. The Morgan fingerprint density at radius 3 is 0.838 bits per heavy atom. The molecule has 0 spiro atoms. The van der Waals surface area contributed by atoms with Gasteiger partial charge >= 0.3 is 0 Å². The maximum atomic E-state index is 6.24. The van der Waals surface area contributed by atoms with Crippen LogP contribution in [0.1, 0.15) is 0 Å². The minimum absolute atomic E-state index is 0.595. The molecule has 0 aliphatic heterocycles. The SMILES string of the molecule is c1ccc(-c2ccc3oc(-c4ccc(N(c5ccccc5)c5ccc(-c6ccc(N(c7ccccc7)c7ccc(-c8nc9cc(-c%10ccccc%10)ccc9o8)cc7)cc6)cc5)cc4)nc3c2)cc1. The molecule has 0 amide bonds. The molecule has 2 aromatic heterocycles. The van der Waals surface area contributed by atoms with E-state index in [4.69, 9.17) is 18.8 Å². The summed E-state index contributed by atoms with van der Waals surface area (Å²) in [4.78, 5) is 14.3. The molecule has 0 fully saturated rings. The Labute approximate surface area is 394 Å². The lowest BCUT2D eigenvalue weighted by Gasteiger charge is -2.26. The summed E-state index contributed by atoms with van der Waals surface area (Å²) in [6.45, 7) is 0. The van der Waals surface area contributed by atoms with Gasteiger partial charge in [-0.1, -0.05) is 133 Å². The van der Waals surface area contributed by atoms with Gasteiger partial charge in [-0.2, -0.15) is 0 Å².